The highest BCUT2D eigenvalue weighted by molar-refractivity contribution is 6.08. The molecule has 0 amide bonds. The number of nitrogen functional groups attached to an aromatic ring is 1. The first-order valence-corrected chi connectivity index (χ1v) is 6.32. The van der Waals surface area contributed by atoms with Crippen LogP contribution in [0.15, 0.2) is 54.7 Å². The molecule has 2 aromatic carbocycles. The molecule has 4 nitrogen and oxygen atoms in total. The Labute approximate surface area is 116 Å². The van der Waals surface area contributed by atoms with Crippen molar-refractivity contribution in [3.05, 3.63) is 60.3 Å². The quantitative estimate of drug-likeness (QED) is 0.563. The van der Waals surface area contributed by atoms with Crippen LogP contribution in [-0.2, 0) is 0 Å². The summed E-state index contributed by atoms with van der Waals surface area (Å²) in [7, 11) is 0. The smallest absolute Gasteiger partial charge is 0.202 e. The number of anilines is 1. The number of rotatable bonds is 4. The van der Waals surface area contributed by atoms with Gasteiger partial charge in [-0.2, -0.15) is 0 Å². The molecule has 3 rings (SSSR count). The van der Waals surface area contributed by atoms with Crippen LogP contribution in [0, 0.1) is 0 Å². The third-order valence-corrected chi connectivity index (χ3v) is 3.17. The minimum absolute atomic E-state index is 0.0317. The number of benzene rings is 2. The number of aromatic nitrogens is 1. The second-order valence-corrected chi connectivity index (χ2v) is 4.50. The molecule has 0 saturated carbocycles. The van der Waals surface area contributed by atoms with Crippen LogP contribution in [0.1, 0.15) is 10.4 Å². The van der Waals surface area contributed by atoms with Crippen molar-refractivity contribution < 1.29 is 9.53 Å². The van der Waals surface area contributed by atoms with Gasteiger partial charge >= 0.3 is 0 Å². The van der Waals surface area contributed by atoms with Crippen molar-refractivity contribution in [2.75, 3.05) is 12.3 Å². The van der Waals surface area contributed by atoms with E-state index in [0.29, 0.717) is 17.0 Å². The van der Waals surface area contributed by atoms with Crippen LogP contribution in [0.4, 0.5) is 5.69 Å². The van der Waals surface area contributed by atoms with Gasteiger partial charge in [-0.05, 0) is 18.2 Å². The normalized spacial score (nSPS) is 10.6. The highest BCUT2D eigenvalue weighted by Crippen LogP contribution is 2.21. The molecule has 20 heavy (non-hydrogen) atoms. The maximum Gasteiger partial charge on any atom is 0.202 e. The van der Waals surface area contributed by atoms with Crippen LogP contribution in [-0.4, -0.2) is 17.4 Å². The van der Waals surface area contributed by atoms with Crippen molar-refractivity contribution in [1.82, 2.24) is 4.98 Å². The summed E-state index contributed by atoms with van der Waals surface area (Å²) in [5.41, 5.74) is 7.87. The molecule has 0 radical (unpaired) electrons. The minimum Gasteiger partial charge on any atom is -0.483 e. The lowest BCUT2D eigenvalue weighted by Crippen LogP contribution is -2.11. The molecule has 0 atom stereocenters. The predicted octanol–water partition coefficient (Wildman–Crippen LogP) is 3.01. The van der Waals surface area contributed by atoms with E-state index in [0.717, 1.165) is 10.9 Å². The maximum absolute atomic E-state index is 12.2. The molecule has 0 aliphatic rings. The number of ketones is 1. The van der Waals surface area contributed by atoms with E-state index >= 15 is 0 Å². The highest BCUT2D eigenvalue weighted by atomic mass is 16.5. The standard InChI is InChI=1S/C16H14N2O2/c17-13-6-2-4-8-16(13)20-10-15(19)12-9-18-14-7-3-1-5-11(12)14/h1-9,18H,10,17H2. The van der Waals surface area contributed by atoms with Crippen molar-refractivity contribution in [2.45, 2.75) is 0 Å². The molecule has 0 bridgehead atoms. The van der Waals surface area contributed by atoms with Gasteiger partial charge in [0.2, 0.25) is 5.78 Å². The Morgan fingerprint density at radius 3 is 2.70 bits per heavy atom. The summed E-state index contributed by atoms with van der Waals surface area (Å²) in [6.45, 7) is -0.0317. The zero-order valence-electron chi connectivity index (χ0n) is 10.8. The Morgan fingerprint density at radius 1 is 1.10 bits per heavy atom. The predicted molar refractivity (Wildman–Crippen MR) is 79.0 cm³/mol. The lowest BCUT2D eigenvalue weighted by atomic mass is 10.1. The molecular weight excluding hydrogens is 252 g/mol. The van der Waals surface area contributed by atoms with Crippen molar-refractivity contribution in [3.63, 3.8) is 0 Å². The molecule has 4 heteroatoms. The number of fused-ring (bicyclic) bond motifs is 1. The van der Waals surface area contributed by atoms with Gasteiger partial charge in [-0.3, -0.25) is 4.79 Å². The number of carbonyl (C=O) groups excluding carboxylic acids is 1. The molecule has 0 fully saturated rings. The zero-order valence-corrected chi connectivity index (χ0v) is 10.8. The van der Waals surface area contributed by atoms with E-state index in [1.807, 2.05) is 36.4 Å². The van der Waals surface area contributed by atoms with Crippen LogP contribution < -0.4 is 10.5 Å². The van der Waals surface area contributed by atoms with Gasteiger partial charge in [0, 0.05) is 22.7 Å². The van der Waals surface area contributed by atoms with E-state index in [-0.39, 0.29) is 12.4 Å². The lowest BCUT2D eigenvalue weighted by molar-refractivity contribution is 0.0924. The number of aromatic amines is 1. The number of H-pyrrole nitrogens is 1. The fraction of sp³-hybridized carbons (Fsp3) is 0.0625. The van der Waals surface area contributed by atoms with Crippen LogP contribution >= 0.6 is 0 Å². The number of nitrogens with one attached hydrogen (secondary N) is 1. The van der Waals surface area contributed by atoms with E-state index in [1.165, 1.54) is 0 Å². The van der Waals surface area contributed by atoms with Gasteiger partial charge in [-0.1, -0.05) is 30.3 Å². The first-order chi connectivity index (χ1) is 9.75. The average Bonchev–Trinajstić information content (AvgIpc) is 2.90. The van der Waals surface area contributed by atoms with Crippen LogP contribution in [0.25, 0.3) is 10.9 Å². The summed E-state index contributed by atoms with van der Waals surface area (Å²) in [4.78, 5) is 15.3. The molecule has 0 unspecified atom stereocenters. The molecule has 0 aliphatic carbocycles. The third kappa shape index (κ3) is 2.23. The topological polar surface area (TPSA) is 68.1 Å². The summed E-state index contributed by atoms with van der Waals surface area (Å²) in [5, 5.41) is 0.905. The fourth-order valence-electron chi connectivity index (χ4n) is 2.14. The molecule has 0 aliphatic heterocycles. The van der Waals surface area contributed by atoms with Crippen molar-refractivity contribution in [3.8, 4) is 5.75 Å². The number of nitrogens with two attached hydrogens (primary N) is 1. The Hall–Kier alpha value is -2.75. The average molecular weight is 266 g/mol. The second kappa shape index (κ2) is 5.09. The van der Waals surface area contributed by atoms with Gasteiger partial charge in [0.1, 0.15) is 5.75 Å². The van der Waals surface area contributed by atoms with Gasteiger partial charge in [0.05, 0.1) is 5.69 Å². The molecule has 1 aromatic heterocycles. The first-order valence-electron chi connectivity index (χ1n) is 6.32. The van der Waals surface area contributed by atoms with Gasteiger partial charge < -0.3 is 15.5 Å². The molecule has 1 heterocycles. The van der Waals surface area contributed by atoms with E-state index in [1.54, 1.807) is 18.3 Å². The van der Waals surface area contributed by atoms with E-state index in [4.69, 9.17) is 10.5 Å². The highest BCUT2D eigenvalue weighted by Gasteiger charge is 2.12. The molecular formula is C16H14N2O2. The van der Waals surface area contributed by atoms with Crippen molar-refractivity contribution in [1.29, 1.82) is 0 Å². The number of Topliss-reactive ketones (excluding diaryl/α,β-unsaturated/α-hetero) is 1. The number of carbonyl (C=O) groups is 1. The molecule has 3 aromatic rings. The molecule has 100 valence electrons. The number of ether oxygens (including phenoxy) is 1. The van der Waals surface area contributed by atoms with Crippen molar-refractivity contribution >= 4 is 22.4 Å². The lowest BCUT2D eigenvalue weighted by Gasteiger charge is -2.07. The van der Waals surface area contributed by atoms with Gasteiger partial charge in [0.15, 0.2) is 6.61 Å². The number of hydrogen-bond donors (Lipinski definition) is 2. The summed E-state index contributed by atoms with van der Waals surface area (Å²) < 4.78 is 5.48. The largest absolute Gasteiger partial charge is 0.483 e. The van der Waals surface area contributed by atoms with Crippen LogP contribution in [0.2, 0.25) is 0 Å². The summed E-state index contributed by atoms with van der Waals surface area (Å²) in [5.74, 6) is 0.450. The fourth-order valence-corrected chi connectivity index (χ4v) is 2.14. The van der Waals surface area contributed by atoms with Gasteiger partial charge in [-0.15, -0.1) is 0 Å². The molecule has 0 spiro atoms. The Morgan fingerprint density at radius 2 is 1.85 bits per heavy atom. The van der Waals surface area contributed by atoms with Crippen molar-refractivity contribution in [2.24, 2.45) is 0 Å². The van der Waals surface area contributed by atoms with Gasteiger partial charge in [-0.25, -0.2) is 0 Å². The Kier molecular flexibility index (Phi) is 3.13. The molecule has 0 saturated heterocycles. The summed E-state index contributed by atoms with van der Waals surface area (Å²) in [6, 6.07) is 14.8. The zero-order chi connectivity index (χ0) is 13.9. The summed E-state index contributed by atoms with van der Waals surface area (Å²) >= 11 is 0. The minimum atomic E-state index is -0.0781. The third-order valence-electron chi connectivity index (χ3n) is 3.17. The summed E-state index contributed by atoms with van der Waals surface area (Å²) in [6.07, 6.45) is 1.71. The van der Waals surface area contributed by atoms with E-state index < -0.39 is 0 Å². The van der Waals surface area contributed by atoms with Gasteiger partial charge in [0.25, 0.3) is 0 Å². The number of hydrogen-bond acceptors (Lipinski definition) is 3. The van der Waals surface area contributed by atoms with E-state index in [2.05, 4.69) is 4.98 Å². The Bertz CT molecular complexity index is 762. The first kappa shape index (κ1) is 12.3. The van der Waals surface area contributed by atoms with Crippen LogP contribution in [0.5, 0.6) is 5.75 Å². The van der Waals surface area contributed by atoms with E-state index in [9.17, 15) is 4.79 Å². The second-order valence-electron chi connectivity index (χ2n) is 4.50. The maximum atomic E-state index is 12.2. The van der Waals surface area contributed by atoms with Crippen LogP contribution in [0.3, 0.4) is 0 Å². The Balaban J connectivity index is 1.79. The number of para-hydroxylation sites is 3. The SMILES string of the molecule is Nc1ccccc1OCC(=O)c1c[nH]c2ccccc12. The monoisotopic (exact) mass is 266 g/mol. The molecule has 3 N–H and O–H groups in total.